The van der Waals surface area contributed by atoms with E-state index >= 15 is 0 Å². The molecule has 0 bridgehead atoms. The Balaban J connectivity index is 1.32. The van der Waals surface area contributed by atoms with Gasteiger partial charge in [-0.05, 0) is 31.2 Å². The lowest BCUT2D eigenvalue weighted by Gasteiger charge is -2.26. The zero-order valence-corrected chi connectivity index (χ0v) is 22.1. The zero-order valence-electron chi connectivity index (χ0n) is 20.5. The molecule has 1 amide bonds. The summed E-state index contributed by atoms with van der Waals surface area (Å²) >= 11 is 7.54. The van der Waals surface area contributed by atoms with Crippen LogP contribution in [0.5, 0.6) is 11.5 Å². The van der Waals surface area contributed by atoms with Crippen LogP contribution in [0.15, 0.2) is 42.7 Å². The first-order valence-corrected chi connectivity index (χ1v) is 13.0. The maximum Gasteiger partial charge on any atom is 0.259 e. The van der Waals surface area contributed by atoms with Gasteiger partial charge in [0.05, 0.1) is 42.3 Å². The molecule has 0 unspecified atom stereocenters. The van der Waals surface area contributed by atoms with Gasteiger partial charge in [-0.15, -0.1) is 0 Å². The molecule has 1 saturated heterocycles. The van der Waals surface area contributed by atoms with E-state index in [9.17, 15) is 4.79 Å². The summed E-state index contributed by atoms with van der Waals surface area (Å²) < 4.78 is 17.7. The van der Waals surface area contributed by atoms with Gasteiger partial charge in [-0.25, -0.2) is 9.97 Å². The molecule has 1 aliphatic rings. The van der Waals surface area contributed by atoms with Crippen molar-refractivity contribution in [1.82, 2.24) is 19.9 Å². The molecule has 5 rings (SSSR count). The highest BCUT2D eigenvalue weighted by atomic mass is 35.5. The Morgan fingerprint density at radius 3 is 2.81 bits per heavy atom. The molecular weight excluding hydrogens is 514 g/mol. The average Bonchev–Trinajstić information content (AvgIpc) is 3.30. The molecule has 4 aromatic rings. The minimum Gasteiger partial charge on any atom is -0.494 e. The number of aryl methyl sites for hydroxylation is 1. The molecule has 1 fully saturated rings. The normalized spacial score (nSPS) is 14.0. The molecule has 1 N–H and O–H groups in total. The van der Waals surface area contributed by atoms with E-state index < -0.39 is 0 Å². The third kappa shape index (κ3) is 5.99. The average molecular weight is 540 g/mol. The number of rotatable bonds is 8. The standard InChI is InChI=1S/C26H26ClN5O4S/c1-16-11-18(19-13-24(27)29-15-22(19)34-2)20(14-28-16)25(33)31-26-30-21-12-17(3-4-23(21)37-26)36-10-7-32-5-8-35-9-6-32/h3-4,11-15H,5-10H2,1-2H3,(H,30,31,33). The summed E-state index contributed by atoms with van der Waals surface area (Å²) in [6.45, 7) is 6.68. The van der Waals surface area contributed by atoms with Crippen molar-refractivity contribution >= 4 is 44.2 Å². The van der Waals surface area contributed by atoms with Crippen molar-refractivity contribution in [2.75, 3.05) is 51.9 Å². The van der Waals surface area contributed by atoms with Crippen LogP contribution in [0.3, 0.4) is 0 Å². The van der Waals surface area contributed by atoms with E-state index in [0.29, 0.717) is 39.3 Å². The van der Waals surface area contributed by atoms with Crippen LogP contribution in [0.4, 0.5) is 5.13 Å². The number of methoxy groups -OCH3 is 1. The van der Waals surface area contributed by atoms with Crippen molar-refractivity contribution in [3.05, 3.63) is 59.1 Å². The summed E-state index contributed by atoms with van der Waals surface area (Å²) in [6.07, 6.45) is 3.07. The molecule has 9 nitrogen and oxygen atoms in total. The molecular formula is C26H26ClN5O4S. The Hall–Kier alpha value is -3.31. The fraction of sp³-hybridized carbons (Fsp3) is 0.308. The zero-order chi connectivity index (χ0) is 25.8. The number of nitrogens with zero attached hydrogens (tertiary/aromatic N) is 4. The molecule has 37 heavy (non-hydrogen) atoms. The summed E-state index contributed by atoms with van der Waals surface area (Å²) in [5, 5.41) is 3.69. The minimum atomic E-state index is -0.335. The van der Waals surface area contributed by atoms with Gasteiger partial charge in [-0.2, -0.15) is 0 Å². The van der Waals surface area contributed by atoms with Crippen LogP contribution in [-0.2, 0) is 4.74 Å². The van der Waals surface area contributed by atoms with E-state index in [1.807, 2.05) is 31.2 Å². The Morgan fingerprint density at radius 2 is 2.00 bits per heavy atom. The van der Waals surface area contributed by atoms with Gasteiger partial charge < -0.3 is 14.2 Å². The summed E-state index contributed by atoms with van der Waals surface area (Å²) in [4.78, 5) is 28.7. The molecule has 192 valence electrons. The predicted molar refractivity (Wildman–Crippen MR) is 144 cm³/mol. The number of fused-ring (bicyclic) bond motifs is 1. The highest BCUT2D eigenvalue weighted by Gasteiger charge is 2.19. The van der Waals surface area contributed by atoms with E-state index in [4.69, 9.17) is 25.8 Å². The van der Waals surface area contributed by atoms with Gasteiger partial charge in [0.2, 0.25) is 0 Å². The van der Waals surface area contributed by atoms with Gasteiger partial charge >= 0.3 is 0 Å². The number of nitrogens with one attached hydrogen (secondary N) is 1. The summed E-state index contributed by atoms with van der Waals surface area (Å²) in [7, 11) is 1.55. The van der Waals surface area contributed by atoms with Gasteiger partial charge in [0.25, 0.3) is 5.91 Å². The van der Waals surface area contributed by atoms with Crippen LogP contribution in [-0.4, -0.2) is 72.3 Å². The summed E-state index contributed by atoms with van der Waals surface area (Å²) in [5.41, 5.74) is 3.18. The van der Waals surface area contributed by atoms with Crippen LogP contribution in [0.1, 0.15) is 16.1 Å². The number of morpholine rings is 1. The number of carbonyl (C=O) groups is 1. The molecule has 11 heteroatoms. The van der Waals surface area contributed by atoms with Gasteiger partial charge in [0.15, 0.2) is 5.13 Å². The Morgan fingerprint density at radius 1 is 1.16 bits per heavy atom. The summed E-state index contributed by atoms with van der Waals surface area (Å²) in [6, 6.07) is 9.26. The van der Waals surface area contributed by atoms with Crippen molar-refractivity contribution in [2.24, 2.45) is 0 Å². The topological polar surface area (TPSA) is 98.7 Å². The predicted octanol–water partition coefficient (Wildman–Crippen LogP) is 4.69. The number of halogens is 1. The quantitative estimate of drug-likeness (QED) is 0.322. The minimum absolute atomic E-state index is 0.297. The van der Waals surface area contributed by atoms with Crippen molar-refractivity contribution in [3.8, 4) is 22.6 Å². The van der Waals surface area contributed by atoms with Crippen LogP contribution in [0.2, 0.25) is 5.15 Å². The third-order valence-corrected chi connectivity index (χ3v) is 7.15. The molecule has 1 aromatic carbocycles. The highest BCUT2D eigenvalue weighted by molar-refractivity contribution is 7.22. The van der Waals surface area contributed by atoms with E-state index in [0.717, 1.165) is 54.5 Å². The molecule has 0 aliphatic carbocycles. The van der Waals surface area contributed by atoms with E-state index in [1.165, 1.54) is 17.5 Å². The number of carbonyl (C=O) groups excluding carboxylic acids is 1. The highest BCUT2D eigenvalue weighted by Crippen LogP contribution is 2.35. The first-order valence-electron chi connectivity index (χ1n) is 11.8. The molecule has 3 aromatic heterocycles. The van der Waals surface area contributed by atoms with Gasteiger partial charge in [-0.3, -0.25) is 20.0 Å². The van der Waals surface area contributed by atoms with Crippen molar-refractivity contribution in [2.45, 2.75) is 6.92 Å². The number of thiazole rings is 1. The molecule has 0 radical (unpaired) electrons. The maximum absolute atomic E-state index is 13.3. The Bertz CT molecular complexity index is 1420. The number of ether oxygens (including phenoxy) is 3. The number of pyridine rings is 2. The van der Waals surface area contributed by atoms with Crippen LogP contribution in [0, 0.1) is 6.92 Å². The largest absolute Gasteiger partial charge is 0.494 e. The van der Waals surface area contributed by atoms with Crippen molar-refractivity contribution < 1.29 is 19.0 Å². The van der Waals surface area contributed by atoms with E-state index in [1.54, 1.807) is 19.4 Å². The second kappa shape index (κ2) is 11.4. The van der Waals surface area contributed by atoms with Crippen LogP contribution in [0.25, 0.3) is 21.3 Å². The first kappa shape index (κ1) is 25.3. The molecule has 0 saturated carbocycles. The SMILES string of the molecule is COc1cnc(Cl)cc1-c1cc(C)ncc1C(=O)Nc1nc2cc(OCCN3CCOCC3)ccc2s1. The summed E-state index contributed by atoms with van der Waals surface area (Å²) in [5.74, 6) is 0.916. The van der Waals surface area contributed by atoms with Crippen molar-refractivity contribution in [3.63, 3.8) is 0 Å². The molecule has 0 atom stereocenters. The maximum atomic E-state index is 13.3. The van der Waals surface area contributed by atoms with E-state index in [-0.39, 0.29) is 5.91 Å². The Labute approximate surface area is 223 Å². The van der Waals surface area contributed by atoms with Crippen LogP contribution < -0.4 is 14.8 Å². The monoisotopic (exact) mass is 539 g/mol. The van der Waals surface area contributed by atoms with Gasteiger partial charge in [-0.1, -0.05) is 22.9 Å². The number of hydrogen-bond acceptors (Lipinski definition) is 9. The van der Waals surface area contributed by atoms with Gasteiger partial charge in [0.1, 0.15) is 23.3 Å². The lowest BCUT2D eigenvalue weighted by molar-refractivity contribution is 0.0322. The fourth-order valence-electron chi connectivity index (χ4n) is 4.09. The molecule has 4 heterocycles. The lowest BCUT2D eigenvalue weighted by Crippen LogP contribution is -2.38. The second-order valence-electron chi connectivity index (χ2n) is 8.48. The molecule has 0 spiro atoms. The lowest BCUT2D eigenvalue weighted by atomic mass is 10.0. The van der Waals surface area contributed by atoms with E-state index in [2.05, 4.69) is 25.2 Å². The number of benzene rings is 1. The van der Waals surface area contributed by atoms with Crippen molar-refractivity contribution in [1.29, 1.82) is 0 Å². The number of aromatic nitrogens is 3. The van der Waals surface area contributed by atoms with Crippen LogP contribution >= 0.6 is 22.9 Å². The second-order valence-corrected chi connectivity index (χ2v) is 9.90. The van der Waals surface area contributed by atoms with Gasteiger partial charge in [0, 0.05) is 48.7 Å². The Kier molecular flexibility index (Phi) is 7.80. The fourth-order valence-corrected chi connectivity index (χ4v) is 5.09. The number of hydrogen-bond donors (Lipinski definition) is 1. The smallest absolute Gasteiger partial charge is 0.259 e. The number of amides is 1. The third-order valence-electron chi connectivity index (χ3n) is 5.99. The number of anilines is 1. The first-order chi connectivity index (χ1) is 18.0. The molecule has 1 aliphatic heterocycles.